The van der Waals surface area contributed by atoms with Crippen molar-refractivity contribution < 1.29 is 29.0 Å². The number of nitrogens with zero attached hydrogens (tertiary/aromatic N) is 2. The van der Waals surface area contributed by atoms with E-state index in [1.807, 2.05) is 56.4 Å². The molecule has 5 rings (SSSR count). The van der Waals surface area contributed by atoms with Crippen molar-refractivity contribution in [2.24, 2.45) is 11.8 Å². The topological polar surface area (TPSA) is 96.4 Å². The number of carbonyl (C=O) groups is 3. The summed E-state index contributed by atoms with van der Waals surface area (Å²) in [6.45, 7) is 4.65. The summed E-state index contributed by atoms with van der Waals surface area (Å²) in [6.07, 6.45) is 9.72. The first-order valence-corrected chi connectivity index (χ1v) is 12.9. The molecule has 5 atom stereocenters. The smallest absolute Gasteiger partial charge is 0.312 e. The van der Waals surface area contributed by atoms with E-state index in [2.05, 4.69) is 0 Å². The first-order valence-electron chi connectivity index (χ1n) is 12.9. The Bertz CT molecular complexity index is 1110. The van der Waals surface area contributed by atoms with Gasteiger partial charge in [-0.2, -0.15) is 0 Å². The van der Waals surface area contributed by atoms with E-state index in [0.717, 1.165) is 36.1 Å². The molecule has 1 N–H and O–H groups in total. The number of fused-ring (bicyclic) bond motifs is 2. The molecule has 1 aromatic carbocycles. The maximum absolute atomic E-state index is 14.3. The number of cyclic esters (lactones) is 1. The van der Waals surface area contributed by atoms with Crippen molar-refractivity contribution >= 4 is 23.5 Å². The van der Waals surface area contributed by atoms with Crippen molar-refractivity contribution in [2.45, 2.75) is 57.3 Å². The summed E-state index contributed by atoms with van der Waals surface area (Å²) in [4.78, 5) is 44.7. The van der Waals surface area contributed by atoms with Crippen LogP contribution in [0, 0.1) is 25.7 Å². The molecule has 8 heteroatoms. The zero-order valence-electron chi connectivity index (χ0n) is 20.9. The van der Waals surface area contributed by atoms with Gasteiger partial charge in [-0.1, -0.05) is 36.4 Å². The van der Waals surface area contributed by atoms with Crippen LogP contribution in [0.4, 0.5) is 5.69 Å². The molecule has 1 unspecified atom stereocenters. The number of hydrogen-bond acceptors (Lipinski definition) is 6. The van der Waals surface area contributed by atoms with Gasteiger partial charge in [-0.05, 0) is 56.7 Å². The number of anilines is 1. The third kappa shape index (κ3) is 3.96. The minimum absolute atomic E-state index is 0.114. The lowest BCUT2D eigenvalue weighted by Crippen LogP contribution is -2.55. The predicted molar refractivity (Wildman–Crippen MR) is 133 cm³/mol. The maximum Gasteiger partial charge on any atom is 0.312 e. The molecule has 0 radical (unpaired) electrons. The molecule has 36 heavy (non-hydrogen) atoms. The van der Waals surface area contributed by atoms with Crippen molar-refractivity contribution in [2.75, 3.05) is 31.2 Å². The van der Waals surface area contributed by atoms with E-state index in [4.69, 9.17) is 9.47 Å². The average Bonchev–Trinajstić information content (AvgIpc) is 3.24. The summed E-state index contributed by atoms with van der Waals surface area (Å²) in [5.74, 6) is -2.71. The molecule has 0 saturated carbocycles. The Kier molecular flexibility index (Phi) is 6.74. The van der Waals surface area contributed by atoms with Crippen LogP contribution in [0.1, 0.15) is 36.8 Å². The Labute approximate surface area is 211 Å². The summed E-state index contributed by atoms with van der Waals surface area (Å²) in [5.41, 5.74) is 1.48. The highest BCUT2D eigenvalue weighted by molar-refractivity contribution is 6.05. The molecule has 4 aliphatic heterocycles. The van der Waals surface area contributed by atoms with E-state index in [1.165, 1.54) is 4.90 Å². The number of esters is 1. The number of rotatable bonds is 4. The normalized spacial score (nSPS) is 33.0. The Morgan fingerprint density at radius 1 is 1.11 bits per heavy atom. The van der Waals surface area contributed by atoms with Crippen LogP contribution in [0.5, 0.6) is 0 Å². The molecule has 4 heterocycles. The third-order valence-corrected chi connectivity index (χ3v) is 7.81. The molecule has 2 amide bonds. The molecule has 1 aromatic rings. The minimum atomic E-state index is -1.29. The van der Waals surface area contributed by atoms with E-state index in [0.29, 0.717) is 19.6 Å². The van der Waals surface area contributed by atoms with Crippen LogP contribution in [-0.2, 0) is 23.9 Å². The van der Waals surface area contributed by atoms with Crippen LogP contribution >= 0.6 is 0 Å². The molecule has 4 aliphatic rings. The predicted octanol–water partition coefficient (Wildman–Crippen LogP) is 2.45. The summed E-state index contributed by atoms with van der Waals surface area (Å²) < 4.78 is 12.2. The number of allylic oxidation sites excluding steroid dienone is 1. The molecule has 0 aliphatic carbocycles. The van der Waals surface area contributed by atoms with Crippen molar-refractivity contribution in [1.29, 1.82) is 0 Å². The number of amides is 2. The van der Waals surface area contributed by atoms with Crippen molar-refractivity contribution in [3.05, 3.63) is 53.6 Å². The zero-order chi connectivity index (χ0) is 25.4. The van der Waals surface area contributed by atoms with Gasteiger partial charge in [-0.15, -0.1) is 0 Å². The second kappa shape index (κ2) is 9.82. The van der Waals surface area contributed by atoms with Crippen molar-refractivity contribution in [3.63, 3.8) is 0 Å². The van der Waals surface area contributed by atoms with E-state index >= 15 is 0 Å². The Morgan fingerprint density at radius 2 is 1.94 bits per heavy atom. The van der Waals surface area contributed by atoms with Crippen LogP contribution in [-0.4, -0.2) is 71.8 Å². The van der Waals surface area contributed by atoms with E-state index in [9.17, 15) is 19.5 Å². The molecular weight excluding hydrogens is 460 g/mol. The lowest BCUT2D eigenvalue weighted by atomic mass is 9.78. The fourth-order valence-electron chi connectivity index (χ4n) is 6.12. The van der Waals surface area contributed by atoms with Gasteiger partial charge in [0.1, 0.15) is 17.6 Å². The van der Waals surface area contributed by atoms with Gasteiger partial charge in [0.25, 0.3) is 5.91 Å². The fourth-order valence-corrected chi connectivity index (χ4v) is 6.12. The number of ether oxygens (including phenoxy) is 2. The van der Waals surface area contributed by atoms with E-state index in [1.54, 1.807) is 4.90 Å². The molecule has 0 aromatic heterocycles. The highest BCUT2D eigenvalue weighted by Crippen LogP contribution is 2.53. The van der Waals surface area contributed by atoms with Crippen LogP contribution < -0.4 is 4.90 Å². The summed E-state index contributed by atoms with van der Waals surface area (Å²) >= 11 is 0. The van der Waals surface area contributed by atoms with Gasteiger partial charge in [0, 0.05) is 25.4 Å². The lowest BCUT2D eigenvalue weighted by Gasteiger charge is -2.35. The van der Waals surface area contributed by atoms with E-state index in [-0.39, 0.29) is 25.0 Å². The Morgan fingerprint density at radius 3 is 2.75 bits per heavy atom. The second-order valence-electron chi connectivity index (χ2n) is 10.2. The third-order valence-electron chi connectivity index (χ3n) is 7.81. The number of aliphatic hydroxyl groups is 1. The van der Waals surface area contributed by atoms with Gasteiger partial charge in [0.15, 0.2) is 0 Å². The highest BCUT2D eigenvalue weighted by Gasteiger charge is 2.71. The van der Waals surface area contributed by atoms with Gasteiger partial charge >= 0.3 is 5.97 Å². The minimum Gasteiger partial charge on any atom is -0.465 e. The molecule has 192 valence electrons. The Balaban J connectivity index is 1.61. The molecule has 2 saturated heterocycles. The lowest BCUT2D eigenvalue weighted by molar-refractivity contribution is -0.154. The van der Waals surface area contributed by atoms with E-state index < -0.39 is 35.6 Å². The first kappa shape index (κ1) is 24.7. The van der Waals surface area contributed by atoms with Gasteiger partial charge in [-0.3, -0.25) is 14.4 Å². The van der Waals surface area contributed by atoms with Gasteiger partial charge in [0.05, 0.1) is 18.6 Å². The highest BCUT2D eigenvalue weighted by atomic mass is 16.6. The average molecular weight is 495 g/mol. The van der Waals surface area contributed by atoms with Gasteiger partial charge in [0.2, 0.25) is 5.91 Å². The summed E-state index contributed by atoms with van der Waals surface area (Å²) in [5, 5.41) is 9.52. The van der Waals surface area contributed by atoms with Crippen molar-refractivity contribution in [1.82, 2.24) is 4.90 Å². The number of carbonyl (C=O) groups excluding carboxylic acids is 3. The van der Waals surface area contributed by atoms with Crippen LogP contribution in [0.2, 0.25) is 0 Å². The second-order valence-corrected chi connectivity index (χ2v) is 10.2. The molecule has 0 bridgehead atoms. The van der Waals surface area contributed by atoms with Crippen molar-refractivity contribution in [3.8, 4) is 0 Å². The molecule has 2 fully saturated rings. The van der Waals surface area contributed by atoms with Crippen LogP contribution in [0.25, 0.3) is 0 Å². The van der Waals surface area contributed by atoms with Crippen LogP contribution in [0.15, 0.2) is 42.5 Å². The fraction of sp³-hybridized carbons (Fsp3) is 0.536. The summed E-state index contributed by atoms with van der Waals surface area (Å²) in [7, 11) is 0. The molecule has 8 nitrogen and oxygen atoms in total. The molecular formula is C28H34N2O6. The summed E-state index contributed by atoms with van der Waals surface area (Å²) in [6, 6.07) is 5.01. The first-order chi connectivity index (χ1) is 17.4. The molecule has 1 spiro atoms. The number of benzene rings is 1. The number of aliphatic hydroxyl groups excluding tert-OH is 1. The maximum atomic E-state index is 14.3. The number of likely N-dealkylation sites (tertiary alicyclic amines) is 1. The largest absolute Gasteiger partial charge is 0.465 e. The number of hydrogen-bond donors (Lipinski definition) is 1. The number of aryl methyl sites for hydroxylation is 2. The zero-order valence-corrected chi connectivity index (χ0v) is 20.9. The Hall–Kier alpha value is -2.97. The monoisotopic (exact) mass is 494 g/mol. The SMILES string of the molecule is Cc1ccc(C)c(N2CC=C[C@]34O[C@H]5/C=C\CCCCOC(=O)[C@H]5[C@H]3C(=O)N(CCCO)C4C2=O)c1. The quantitative estimate of drug-likeness (QED) is 0.510. The standard InChI is InChI=1S/C28H34N2O6/c1-18-10-11-19(2)20(17-18)29-13-7-12-28-23(25(32)30(14-8-15-31)24(28)26(29)33)22-21(36-28)9-5-3-4-6-16-35-27(22)34/h5,7,9-12,17,21-24,31H,3-4,6,8,13-16H2,1-2H3/b9-5-/t21-,22+,23-,24?,28-/m0/s1. The van der Waals surface area contributed by atoms with Gasteiger partial charge in [-0.25, -0.2) is 0 Å². The van der Waals surface area contributed by atoms with Gasteiger partial charge < -0.3 is 24.4 Å². The van der Waals surface area contributed by atoms with Crippen LogP contribution in [0.3, 0.4) is 0 Å².